The Bertz CT molecular complexity index is 1090. The van der Waals surface area contributed by atoms with Gasteiger partial charge in [-0.15, -0.1) is 0 Å². The van der Waals surface area contributed by atoms with Crippen molar-refractivity contribution < 1.29 is 23.1 Å². The predicted octanol–water partition coefficient (Wildman–Crippen LogP) is 3.63. The quantitative estimate of drug-likeness (QED) is 0.760. The number of aromatic nitrogens is 1. The lowest BCUT2D eigenvalue weighted by Gasteiger charge is -2.42. The molecule has 0 bridgehead atoms. The largest absolute Gasteiger partial charge is 0.417 e. The minimum atomic E-state index is -4.62. The number of anilines is 1. The fourth-order valence-electron chi connectivity index (χ4n) is 5.12. The molecule has 0 radical (unpaired) electrons. The van der Waals surface area contributed by atoms with Crippen LogP contribution in [-0.2, 0) is 6.18 Å². The number of aliphatic hydroxyl groups excluding tert-OH is 1. The lowest BCUT2D eigenvalue weighted by atomic mass is 9.71. The molecule has 2 saturated heterocycles. The Morgan fingerprint density at radius 3 is 2.64 bits per heavy atom. The van der Waals surface area contributed by atoms with Gasteiger partial charge in [0.05, 0.1) is 22.8 Å². The number of alkyl halides is 3. The first-order valence-corrected chi connectivity index (χ1v) is 10.9. The van der Waals surface area contributed by atoms with Gasteiger partial charge in [-0.2, -0.15) is 18.4 Å². The number of halogens is 3. The van der Waals surface area contributed by atoms with Gasteiger partial charge in [0.1, 0.15) is 0 Å². The van der Waals surface area contributed by atoms with Gasteiger partial charge in [0.25, 0.3) is 5.91 Å². The molecule has 1 N–H and O–H groups in total. The van der Waals surface area contributed by atoms with Crippen LogP contribution >= 0.6 is 0 Å². The van der Waals surface area contributed by atoms with Gasteiger partial charge in [-0.1, -0.05) is 0 Å². The maximum atomic E-state index is 13.4. The molecule has 174 valence electrons. The summed E-state index contributed by atoms with van der Waals surface area (Å²) in [5, 5.41) is 19.1. The molecular weight excluding hydrogens is 433 g/mol. The van der Waals surface area contributed by atoms with E-state index in [1.54, 1.807) is 29.4 Å². The molecule has 1 aromatic heterocycles. The van der Waals surface area contributed by atoms with Crippen molar-refractivity contribution in [2.75, 3.05) is 37.7 Å². The fraction of sp³-hybridized carbons (Fsp3) is 0.458. The Morgan fingerprint density at radius 1 is 1.30 bits per heavy atom. The molecule has 4 rings (SSSR count). The minimum Gasteiger partial charge on any atom is -0.396 e. The van der Waals surface area contributed by atoms with Crippen LogP contribution in [0.2, 0.25) is 0 Å². The summed E-state index contributed by atoms with van der Waals surface area (Å²) in [5.41, 5.74) is 0.171. The summed E-state index contributed by atoms with van der Waals surface area (Å²) in [4.78, 5) is 20.6. The monoisotopic (exact) mass is 458 g/mol. The zero-order valence-electron chi connectivity index (χ0n) is 18.3. The minimum absolute atomic E-state index is 0.0748. The number of amides is 1. The lowest BCUT2D eigenvalue weighted by Crippen LogP contribution is -2.47. The van der Waals surface area contributed by atoms with Crippen molar-refractivity contribution >= 4 is 11.6 Å². The highest BCUT2D eigenvalue weighted by Gasteiger charge is 2.48. The molecule has 6 nitrogen and oxygen atoms in total. The van der Waals surface area contributed by atoms with E-state index in [2.05, 4.69) is 4.98 Å². The van der Waals surface area contributed by atoms with Crippen LogP contribution in [0.3, 0.4) is 0 Å². The predicted molar refractivity (Wildman–Crippen MR) is 115 cm³/mol. The normalized spacial score (nSPS) is 20.2. The lowest BCUT2D eigenvalue weighted by molar-refractivity contribution is -0.137. The summed E-state index contributed by atoms with van der Waals surface area (Å²) in [7, 11) is 0. The SMILES string of the molecule is Cc1ccncc1C(=O)N1CCC2(CC1)CN(c1ccc(C#N)c(C(F)(F)F)c1)CC2CO. The van der Waals surface area contributed by atoms with Crippen molar-refractivity contribution in [3.8, 4) is 6.07 Å². The molecule has 33 heavy (non-hydrogen) atoms. The van der Waals surface area contributed by atoms with Crippen LogP contribution in [-0.4, -0.2) is 53.7 Å². The first kappa shape index (κ1) is 23.1. The molecule has 1 unspecified atom stereocenters. The molecule has 0 saturated carbocycles. The molecule has 2 fully saturated rings. The topological polar surface area (TPSA) is 80.5 Å². The number of benzene rings is 1. The summed E-state index contributed by atoms with van der Waals surface area (Å²) in [5.74, 6) is -0.187. The summed E-state index contributed by atoms with van der Waals surface area (Å²) in [6.45, 7) is 3.74. The number of nitriles is 1. The second kappa shape index (κ2) is 8.67. The standard InChI is InChI=1S/C24H25F3N4O2/c1-16-4-7-29-12-20(16)22(33)30-8-5-23(6-9-30)15-31(13-18(23)14-32)19-3-2-17(11-28)21(10-19)24(25,26)27/h2-4,7,10,12,18,32H,5-6,8-9,13-15H2,1H3. The van der Waals surface area contributed by atoms with E-state index in [0.29, 0.717) is 50.3 Å². The van der Waals surface area contributed by atoms with Gasteiger partial charge in [0.2, 0.25) is 0 Å². The Labute approximate surface area is 190 Å². The average Bonchev–Trinajstić information content (AvgIpc) is 3.16. The van der Waals surface area contributed by atoms with Gasteiger partial charge >= 0.3 is 6.18 Å². The van der Waals surface area contributed by atoms with Gasteiger partial charge in [-0.3, -0.25) is 9.78 Å². The summed E-state index contributed by atoms with van der Waals surface area (Å²) >= 11 is 0. The van der Waals surface area contributed by atoms with Gasteiger partial charge in [-0.05, 0) is 55.0 Å². The number of carbonyl (C=O) groups excluding carboxylic acids is 1. The number of likely N-dealkylation sites (tertiary alicyclic amines) is 1. The molecule has 9 heteroatoms. The molecular formula is C24H25F3N4O2. The van der Waals surface area contributed by atoms with E-state index in [4.69, 9.17) is 5.26 Å². The van der Waals surface area contributed by atoms with Crippen molar-refractivity contribution in [2.45, 2.75) is 25.9 Å². The van der Waals surface area contributed by atoms with E-state index < -0.39 is 17.3 Å². The van der Waals surface area contributed by atoms with Crippen LogP contribution in [0.1, 0.15) is 39.9 Å². The summed E-state index contributed by atoms with van der Waals surface area (Å²) < 4.78 is 40.3. The Morgan fingerprint density at radius 2 is 2.03 bits per heavy atom. The first-order chi connectivity index (χ1) is 15.7. The van der Waals surface area contributed by atoms with Crippen molar-refractivity contribution in [3.63, 3.8) is 0 Å². The number of piperidine rings is 1. The van der Waals surface area contributed by atoms with Crippen molar-refractivity contribution in [1.29, 1.82) is 5.26 Å². The third-order valence-corrected chi connectivity index (χ3v) is 7.14. The molecule has 0 aliphatic carbocycles. The number of hydrogen-bond donors (Lipinski definition) is 1. The highest BCUT2D eigenvalue weighted by Crippen LogP contribution is 2.46. The van der Waals surface area contributed by atoms with Crippen LogP contribution in [0.25, 0.3) is 0 Å². The maximum absolute atomic E-state index is 13.4. The second-order valence-electron chi connectivity index (χ2n) is 8.94. The highest BCUT2D eigenvalue weighted by atomic mass is 19.4. The second-order valence-corrected chi connectivity index (χ2v) is 8.94. The van der Waals surface area contributed by atoms with Crippen LogP contribution in [0.4, 0.5) is 18.9 Å². The van der Waals surface area contributed by atoms with E-state index in [1.165, 1.54) is 12.1 Å². The number of aliphatic hydroxyl groups is 1. The fourth-order valence-corrected chi connectivity index (χ4v) is 5.12. The molecule has 2 aliphatic rings. The third kappa shape index (κ3) is 4.27. The van der Waals surface area contributed by atoms with Crippen LogP contribution in [0.5, 0.6) is 0 Å². The highest BCUT2D eigenvalue weighted by molar-refractivity contribution is 5.95. The van der Waals surface area contributed by atoms with Crippen LogP contribution in [0.15, 0.2) is 36.7 Å². The number of carbonyl (C=O) groups is 1. The first-order valence-electron chi connectivity index (χ1n) is 10.9. The van der Waals surface area contributed by atoms with Crippen LogP contribution < -0.4 is 4.90 Å². The smallest absolute Gasteiger partial charge is 0.396 e. The van der Waals surface area contributed by atoms with Crippen molar-refractivity contribution in [3.05, 3.63) is 58.9 Å². The van der Waals surface area contributed by atoms with Gasteiger partial charge in [-0.25, -0.2) is 0 Å². The van der Waals surface area contributed by atoms with E-state index in [1.807, 2.05) is 11.8 Å². The molecule has 1 atom stereocenters. The summed E-state index contributed by atoms with van der Waals surface area (Å²) in [6, 6.07) is 7.16. The number of pyridine rings is 1. The zero-order chi connectivity index (χ0) is 23.8. The molecule has 2 aromatic rings. The van der Waals surface area contributed by atoms with Crippen molar-refractivity contribution in [2.24, 2.45) is 11.3 Å². The number of aryl methyl sites for hydroxylation is 1. The summed E-state index contributed by atoms with van der Waals surface area (Å²) in [6.07, 6.45) is -0.0992. The molecule has 1 spiro atoms. The van der Waals surface area contributed by atoms with E-state index >= 15 is 0 Å². The Kier molecular flexibility index (Phi) is 6.06. The van der Waals surface area contributed by atoms with Gasteiger partial charge < -0.3 is 14.9 Å². The molecule has 3 heterocycles. The van der Waals surface area contributed by atoms with E-state index in [0.717, 1.165) is 11.6 Å². The molecule has 1 amide bonds. The van der Waals surface area contributed by atoms with E-state index in [9.17, 15) is 23.1 Å². The Hall–Kier alpha value is -3.12. The number of hydrogen-bond acceptors (Lipinski definition) is 5. The van der Waals surface area contributed by atoms with Gasteiger partial charge in [0, 0.05) is 56.8 Å². The average molecular weight is 458 g/mol. The number of rotatable bonds is 3. The van der Waals surface area contributed by atoms with Gasteiger partial charge in [0.15, 0.2) is 0 Å². The third-order valence-electron chi connectivity index (χ3n) is 7.14. The van der Waals surface area contributed by atoms with E-state index in [-0.39, 0.29) is 23.8 Å². The molecule has 2 aliphatic heterocycles. The maximum Gasteiger partial charge on any atom is 0.417 e. The molecule has 1 aromatic carbocycles. The zero-order valence-corrected chi connectivity index (χ0v) is 18.3. The Balaban J connectivity index is 1.52. The van der Waals surface area contributed by atoms with Crippen molar-refractivity contribution in [1.82, 2.24) is 9.88 Å². The van der Waals surface area contributed by atoms with Crippen LogP contribution in [0, 0.1) is 29.6 Å². The number of nitrogens with zero attached hydrogens (tertiary/aromatic N) is 4.